The van der Waals surface area contributed by atoms with E-state index < -0.39 is 238 Å². The lowest BCUT2D eigenvalue weighted by molar-refractivity contribution is -0.333. The highest BCUT2D eigenvalue weighted by molar-refractivity contribution is 5.95. The lowest BCUT2D eigenvalue weighted by Gasteiger charge is -2.48. The van der Waals surface area contributed by atoms with Crippen molar-refractivity contribution in [2.75, 3.05) is 26.3 Å². The van der Waals surface area contributed by atoms with Crippen LogP contribution in [-0.2, 0) is 86.1 Å². The molecule has 2 rings (SSSR count). The number of aliphatic carboxylic acids is 3. The average molecular weight is 1320 g/mol. The van der Waals surface area contributed by atoms with Crippen molar-refractivity contribution in [3.63, 3.8) is 0 Å². The fourth-order valence-electron chi connectivity index (χ4n) is 9.03. The highest BCUT2D eigenvalue weighted by Crippen LogP contribution is 2.31. The van der Waals surface area contributed by atoms with Crippen molar-refractivity contribution in [1.29, 1.82) is 0 Å². The van der Waals surface area contributed by atoms with Gasteiger partial charge in [0.05, 0.1) is 32.1 Å². The van der Waals surface area contributed by atoms with Gasteiger partial charge in [0.15, 0.2) is 12.6 Å². The lowest BCUT2D eigenvalue weighted by atomic mass is 9.94. The van der Waals surface area contributed by atoms with Gasteiger partial charge in [0.2, 0.25) is 65.0 Å². The van der Waals surface area contributed by atoms with Gasteiger partial charge < -0.3 is 130 Å². The number of aliphatic hydroxyl groups is 5. The van der Waals surface area contributed by atoms with Crippen LogP contribution in [0.3, 0.4) is 0 Å². The largest absolute Gasteiger partial charge is 0.480 e. The van der Waals surface area contributed by atoms with Gasteiger partial charge in [-0.05, 0) is 72.6 Å². The number of aliphatic hydroxyl groups excluding tert-OH is 5. The number of nitrogens with one attached hydrogen (secondary N) is 10. The first-order valence-corrected chi connectivity index (χ1v) is 29.3. The predicted molar refractivity (Wildman–Crippen MR) is 309 cm³/mol. The van der Waals surface area contributed by atoms with Gasteiger partial charge >= 0.3 is 17.9 Å². The molecule has 2 heterocycles. The highest BCUT2D eigenvalue weighted by Gasteiger charge is 2.53. The van der Waals surface area contributed by atoms with Gasteiger partial charge in [0.25, 0.3) is 0 Å². The minimum Gasteiger partial charge on any atom is -0.480 e. The molecule has 2 aliphatic rings. The number of nitrogens with two attached hydrogens (primary N) is 3. The van der Waals surface area contributed by atoms with Crippen molar-refractivity contribution in [2.45, 2.75) is 221 Å². The quantitative estimate of drug-likeness (QED) is 0.0253. The van der Waals surface area contributed by atoms with E-state index in [1.807, 2.05) is 0 Å². The van der Waals surface area contributed by atoms with E-state index in [1.54, 1.807) is 0 Å². The maximum atomic E-state index is 13.6. The maximum absolute atomic E-state index is 13.6. The zero-order valence-corrected chi connectivity index (χ0v) is 51.5. The Hall–Kier alpha value is -7.86. The smallest absolute Gasteiger partial charge is 0.326 e. The fourth-order valence-corrected chi connectivity index (χ4v) is 9.03. The van der Waals surface area contributed by atoms with Crippen LogP contribution in [0.2, 0.25) is 0 Å². The normalized spacial score (nSPS) is 24.1. The van der Waals surface area contributed by atoms with Crippen LogP contribution in [0.1, 0.15) is 106 Å². The van der Waals surface area contributed by atoms with E-state index in [2.05, 4.69) is 53.2 Å². The van der Waals surface area contributed by atoms with Gasteiger partial charge in [-0.3, -0.25) is 62.3 Å². The fraction of sp³-hybridized carbons (Fsp3) is 0.736. The van der Waals surface area contributed by atoms with Crippen LogP contribution >= 0.6 is 0 Å². The van der Waals surface area contributed by atoms with E-state index in [0.29, 0.717) is 12.8 Å². The van der Waals surface area contributed by atoms with E-state index in [4.69, 9.17) is 41.3 Å². The summed E-state index contributed by atoms with van der Waals surface area (Å²) >= 11 is 0. The van der Waals surface area contributed by atoms with Crippen molar-refractivity contribution in [1.82, 2.24) is 53.2 Å². The zero-order chi connectivity index (χ0) is 69.9. The Labute approximate surface area is 526 Å². The molecule has 0 aliphatic carbocycles. The number of ether oxygens (including phenoxy) is 4. The third-order valence-electron chi connectivity index (χ3n) is 14.3. The van der Waals surface area contributed by atoms with Crippen molar-refractivity contribution in [3.05, 3.63) is 0 Å². The first-order valence-electron chi connectivity index (χ1n) is 29.3. The molecule has 24 N–H and O–H groups in total. The van der Waals surface area contributed by atoms with Crippen molar-refractivity contribution >= 4 is 82.9 Å². The molecular weight excluding hydrogens is 1230 g/mol. The van der Waals surface area contributed by atoms with E-state index in [0.717, 1.165) is 20.8 Å². The first-order chi connectivity index (χ1) is 43.0. The molecule has 0 aromatic rings. The molecule has 19 unspecified atom stereocenters. The second-order valence-corrected chi connectivity index (χ2v) is 22.0. The number of rotatable bonds is 40. The summed E-state index contributed by atoms with van der Waals surface area (Å²) in [6.45, 7) is 5.10. The van der Waals surface area contributed by atoms with Gasteiger partial charge in [-0.15, -0.1) is 0 Å². The Bertz CT molecular complexity index is 2570. The molecule has 2 saturated heterocycles. The number of carboxylic acid groups (broad SMARTS) is 3. The molecule has 0 saturated carbocycles. The van der Waals surface area contributed by atoms with Crippen LogP contribution in [0.4, 0.5) is 0 Å². The second kappa shape index (κ2) is 39.5. The summed E-state index contributed by atoms with van der Waals surface area (Å²) in [5, 5.41) is 104. The Kier molecular flexibility index (Phi) is 34.5. The van der Waals surface area contributed by atoms with Gasteiger partial charge in [0, 0.05) is 33.4 Å². The molecule has 19 atom stereocenters. The highest BCUT2D eigenvalue weighted by atomic mass is 16.7. The summed E-state index contributed by atoms with van der Waals surface area (Å²) in [7, 11) is 0. The molecule has 2 fully saturated rings. The van der Waals surface area contributed by atoms with Crippen LogP contribution in [-0.4, -0.2) is 266 Å². The number of hydrogen-bond donors (Lipinski definition) is 21. The second-order valence-electron chi connectivity index (χ2n) is 22.0. The topological polar surface area (TPSA) is 636 Å². The molecule has 522 valence electrons. The summed E-state index contributed by atoms with van der Waals surface area (Å²) in [6.07, 6.45) is -16.7. The molecule has 39 nitrogen and oxygen atoms in total. The number of carboxylic acids is 3. The summed E-state index contributed by atoms with van der Waals surface area (Å²) in [4.78, 5) is 175. The number of primary amides is 1. The summed E-state index contributed by atoms with van der Waals surface area (Å²) in [5.74, 6) is -14.1. The lowest BCUT2D eigenvalue weighted by Crippen LogP contribution is -2.70. The van der Waals surface area contributed by atoms with Crippen LogP contribution in [0.25, 0.3) is 0 Å². The number of unbranched alkanes of at least 4 members (excludes halogenated alkanes) is 2. The molecule has 0 spiro atoms. The molecule has 0 aromatic heterocycles. The third kappa shape index (κ3) is 27.1. The van der Waals surface area contributed by atoms with E-state index in [1.165, 1.54) is 20.8 Å². The van der Waals surface area contributed by atoms with Crippen LogP contribution in [0, 0.1) is 0 Å². The molecule has 11 amide bonds. The van der Waals surface area contributed by atoms with E-state index in [-0.39, 0.29) is 38.8 Å². The molecule has 39 heteroatoms. The Morgan fingerprint density at radius 1 is 0.500 bits per heavy atom. The number of carbonyl (C=O) groups excluding carboxylic acids is 11. The number of hydrogen-bond acceptors (Lipinski definition) is 25. The van der Waals surface area contributed by atoms with E-state index in [9.17, 15) is 103 Å². The number of carbonyl (C=O) groups is 14. The first kappa shape index (κ1) is 80.2. The monoisotopic (exact) mass is 1320 g/mol. The molecule has 0 bridgehead atoms. The van der Waals surface area contributed by atoms with Gasteiger partial charge in [0.1, 0.15) is 97.1 Å². The SMILES string of the molecule is CC(=O)NC1C(OC2C(CO)OC(O)C(NC(C)=O)C2OC(C)C(=O)NC(C)C(=O)NC(CCC(=O)NC(CCCCNC(=O)CC(NC(=O)C(C)NC(=O)C(N)CCCCNC(=O)CC(N)C(=O)O)C(=O)O)C(=O)NC(C)C(=O)O)C(N)=O)OC(CO)C(O)C1O. The molecular formula is C53H89N13O26. The molecule has 92 heavy (non-hydrogen) atoms. The predicted octanol–water partition coefficient (Wildman–Crippen LogP) is -10.2. The number of amides is 11. The average Bonchev–Trinajstić information content (AvgIpc) is 0.784. The van der Waals surface area contributed by atoms with E-state index >= 15 is 0 Å². The van der Waals surface area contributed by atoms with Crippen LogP contribution < -0.4 is 70.4 Å². The Morgan fingerprint density at radius 3 is 1.54 bits per heavy atom. The zero-order valence-electron chi connectivity index (χ0n) is 51.5. The van der Waals surface area contributed by atoms with Crippen molar-refractivity contribution in [3.8, 4) is 0 Å². The van der Waals surface area contributed by atoms with Gasteiger partial charge in [-0.25, -0.2) is 4.79 Å². The van der Waals surface area contributed by atoms with Crippen LogP contribution in [0.15, 0.2) is 0 Å². The third-order valence-corrected chi connectivity index (χ3v) is 14.3. The molecule has 0 aromatic carbocycles. The Balaban J connectivity index is 2.04. The summed E-state index contributed by atoms with van der Waals surface area (Å²) < 4.78 is 23.2. The van der Waals surface area contributed by atoms with Crippen molar-refractivity contribution < 1.29 is 127 Å². The maximum Gasteiger partial charge on any atom is 0.326 e. The molecule has 0 radical (unpaired) electrons. The molecule has 2 aliphatic heterocycles. The summed E-state index contributed by atoms with van der Waals surface area (Å²) in [5.41, 5.74) is 16.8. The summed E-state index contributed by atoms with van der Waals surface area (Å²) in [6, 6.07) is -14.6. The van der Waals surface area contributed by atoms with Crippen LogP contribution in [0.5, 0.6) is 0 Å². The van der Waals surface area contributed by atoms with Gasteiger partial charge in [-0.1, -0.05) is 0 Å². The van der Waals surface area contributed by atoms with Crippen molar-refractivity contribution in [2.24, 2.45) is 17.2 Å². The Morgan fingerprint density at radius 2 is 1.02 bits per heavy atom. The van der Waals surface area contributed by atoms with Gasteiger partial charge in [-0.2, -0.15) is 0 Å². The minimum atomic E-state index is -1.93. The standard InChI is InChI=1S/C53H89N13O26/c1-21(59-46(79)24(4)89-42-38(63-26(6)70)52(88)90-33(20-68)41(42)92-53-37(62-25(5)69)40(75)39(74)32(19-67)91-53)44(77)65-29(43(56)76)13-14-34(71)64-30(48(81)61-23(3)49(82)83)12-8-10-16-58-36(73)18-31(51(86)87)66-45(78)22(2)60-47(80)27(54)11-7-9-15-57-35(72)17-28(55)50(84)85/h21-24,27-33,37-42,52-53,67-68,74-75,88H,7-20,54-55H2,1-6H3,(H2,56,76)(H,57,72)(H,58,73)(H,59,79)(H,60,80)(H,61,81)(H,62,69)(H,63,70)(H,64,71)(H,65,77)(H,66,78)(H,82,83)(H,84,85)(H,86,87). The minimum absolute atomic E-state index is 0.0644.